The Morgan fingerprint density at radius 1 is 1.23 bits per heavy atom. The molecule has 0 fully saturated rings. The SMILES string of the molecule is CCCCCc1ncncc1CC. The molecular weight excluding hydrogens is 160 g/mol. The lowest BCUT2D eigenvalue weighted by atomic mass is 10.1. The third kappa shape index (κ3) is 3.13. The van der Waals surface area contributed by atoms with Crippen molar-refractivity contribution in [1.29, 1.82) is 0 Å². The molecule has 1 aromatic heterocycles. The molecule has 72 valence electrons. The first-order chi connectivity index (χ1) is 6.38. The molecule has 0 amide bonds. The van der Waals surface area contributed by atoms with Gasteiger partial charge in [0, 0.05) is 11.9 Å². The lowest BCUT2D eigenvalue weighted by molar-refractivity contribution is 0.700. The smallest absolute Gasteiger partial charge is 0.115 e. The Bertz CT molecular complexity index is 246. The maximum Gasteiger partial charge on any atom is 0.115 e. The summed E-state index contributed by atoms with van der Waals surface area (Å²) in [7, 11) is 0. The first-order valence-electron chi connectivity index (χ1n) is 5.16. The third-order valence-electron chi connectivity index (χ3n) is 2.28. The Hall–Kier alpha value is -0.920. The van der Waals surface area contributed by atoms with Crippen molar-refractivity contribution < 1.29 is 0 Å². The molecule has 0 saturated heterocycles. The number of hydrogen-bond donors (Lipinski definition) is 0. The van der Waals surface area contributed by atoms with Gasteiger partial charge >= 0.3 is 0 Å². The van der Waals surface area contributed by atoms with Crippen LogP contribution in [0.2, 0.25) is 0 Å². The van der Waals surface area contributed by atoms with Crippen LogP contribution in [-0.4, -0.2) is 9.97 Å². The van der Waals surface area contributed by atoms with Gasteiger partial charge in [0.2, 0.25) is 0 Å². The minimum absolute atomic E-state index is 1.04. The molecule has 2 nitrogen and oxygen atoms in total. The Balaban J connectivity index is 2.54. The fourth-order valence-corrected chi connectivity index (χ4v) is 1.45. The molecule has 0 unspecified atom stereocenters. The van der Waals surface area contributed by atoms with Crippen molar-refractivity contribution in [1.82, 2.24) is 9.97 Å². The van der Waals surface area contributed by atoms with Crippen LogP contribution < -0.4 is 0 Å². The number of aromatic nitrogens is 2. The first kappa shape index (κ1) is 10.2. The van der Waals surface area contributed by atoms with E-state index in [4.69, 9.17) is 0 Å². The molecule has 1 rings (SSSR count). The summed E-state index contributed by atoms with van der Waals surface area (Å²) in [5.41, 5.74) is 2.55. The minimum atomic E-state index is 1.04. The highest BCUT2D eigenvalue weighted by Gasteiger charge is 2.00. The molecule has 0 bridgehead atoms. The molecule has 0 N–H and O–H groups in total. The number of aryl methyl sites for hydroxylation is 2. The van der Waals surface area contributed by atoms with Gasteiger partial charge in [-0.25, -0.2) is 9.97 Å². The Morgan fingerprint density at radius 3 is 2.77 bits per heavy atom. The van der Waals surface area contributed by atoms with Gasteiger partial charge in [0.15, 0.2) is 0 Å². The van der Waals surface area contributed by atoms with E-state index in [2.05, 4.69) is 23.8 Å². The summed E-state index contributed by atoms with van der Waals surface area (Å²) in [6.45, 7) is 4.38. The Morgan fingerprint density at radius 2 is 2.08 bits per heavy atom. The van der Waals surface area contributed by atoms with Crippen molar-refractivity contribution in [2.45, 2.75) is 46.0 Å². The number of unbranched alkanes of at least 4 members (excludes halogenated alkanes) is 2. The van der Waals surface area contributed by atoms with E-state index in [9.17, 15) is 0 Å². The average Bonchev–Trinajstić information content (AvgIpc) is 2.19. The molecule has 0 aliphatic carbocycles. The van der Waals surface area contributed by atoms with E-state index in [1.54, 1.807) is 6.33 Å². The maximum absolute atomic E-state index is 4.31. The van der Waals surface area contributed by atoms with E-state index in [-0.39, 0.29) is 0 Å². The molecule has 0 spiro atoms. The second-order valence-electron chi connectivity index (χ2n) is 3.31. The number of hydrogen-bond acceptors (Lipinski definition) is 2. The second kappa shape index (κ2) is 5.68. The van der Waals surface area contributed by atoms with Crippen LogP contribution in [0.5, 0.6) is 0 Å². The predicted molar refractivity (Wildman–Crippen MR) is 54.6 cm³/mol. The highest BCUT2D eigenvalue weighted by Crippen LogP contribution is 2.08. The van der Waals surface area contributed by atoms with Crippen molar-refractivity contribution in [3.63, 3.8) is 0 Å². The summed E-state index contributed by atoms with van der Waals surface area (Å²) in [6.07, 6.45) is 9.57. The number of nitrogens with zero attached hydrogens (tertiary/aromatic N) is 2. The Labute approximate surface area is 80.4 Å². The van der Waals surface area contributed by atoms with Gasteiger partial charge in [0.05, 0.1) is 0 Å². The summed E-state index contributed by atoms with van der Waals surface area (Å²) in [6, 6.07) is 0. The fourth-order valence-electron chi connectivity index (χ4n) is 1.45. The van der Waals surface area contributed by atoms with Crippen molar-refractivity contribution in [3.8, 4) is 0 Å². The Kier molecular flexibility index (Phi) is 4.44. The van der Waals surface area contributed by atoms with Gasteiger partial charge in [0.25, 0.3) is 0 Å². The molecule has 13 heavy (non-hydrogen) atoms. The summed E-state index contributed by atoms with van der Waals surface area (Å²) in [4.78, 5) is 8.34. The van der Waals surface area contributed by atoms with E-state index in [1.165, 1.54) is 30.5 Å². The van der Waals surface area contributed by atoms with Crippen molar-refractivity contribution in [2.75, 3.05) is 0 Å². The van der Waals surface area contributed by atoms with Gasteiger partial charge in [0.1, 0.15) is 6.33 Å². The zero-order chi connectivity index (χ0) is 9.52. The molecular formula is C11H18N2. The third-order valence-corrected chi connectivity index (χ3v) is 2.28. The molecule has 0 atom stereocenters. The fraction of sp³-hybridized carbons (Fsp3) is 0.636. The predicted octanol–water partition coefficient (Wildman–Crippen LogP) is 2.77. The topological polar surface area (TPSA) is 25.8 Å². The van der Waals surface area contributed by atoms with Crippen LogP contribution >= 0.6 is 0 Å². The first-order valence-corrected chi connectivity index (χ1v) is 5.16. The molecule has 2 heteroatoms. The highest BCUT2D eigenvalue weighted by atomic mass is 14.8. The molecule has 0 aromatic carbocycles. The van der Waals surface area contributed by atoms with Crippen LogP contribution in [0.15, 0.2) is 12.5 Å². The zero-order valence-electron chi connectivity index (χ0n) is 8.58. The highest BCUT2D eigenvalue weighted by molar-refractivity contribution is 5.15. The lowest BCUT2D eigenvalue weighted by Crippen LogP contribution is -1.97. The molecule has 0 aliphatic heterocycles. The van der Waals surface area contributed by atoms with E-state index in [0.29, 0.717) is 0 Å². The summed E-state index contributed by atoms with van der Waals surface area (Å²) < 4.78 is 0. The van der Waals surface area contributed by atoms with E-state index in [1.807, 2.05) is 6.20 Å². The van der Waals surface area contributed by atoms with Crippen LogP contribution in [0, 0.1) is 0 Å². The lowest BCUT2D eigenvalue weighted by Gasteiger charge is -2.04. The van der Waals surface area contributed by atoms with Crippen LogP contribution in [-0.2, 0) is 12.8 Å². The van der Waals surface area contributed by atoms with E-state index in [0.717, 1.165) is 12.8 Å². The van der Waals surface area contributed by atoms with E-state index >= 15 is 0 Å². The summed E-state index contributed by atoms with van der Waals surface area (Å²) >= 11 is 0. The van der Waals surface area contributed by atoms with Gasteiger partial charge < -0.3 is 0 Å². The maximum atomic E-state index is 4.31. The van der Waals surface area contributed by atoms with Gasteiger partial charge in [-0.2, -0.15) is 0 Å². The number of rotatable bonds is 5. The van der Waals surface area contributed by atoms with Gasteiger partial charge in [-0.05, 0) is 24.8 Å². The van der Waals surface area contributed by atoms with Crippen molar-refractivity contribution in [3.05, 3.63) is 23.8 Å². The molecule has 0 radical (unpaired) electrons. The second-order valence-corrected chi connectivity index (χ2v) is 3.31. The molecule has 0 saturated carbocycles. The standard InChI is InChI=1S/C11H18N2/c1-3-5-6-7-11-10(4-2)8-12-9-13-11/h8-9H,3-7H2,1-2H3. The zero-order valence-corrected chi connectivity index (χ0v) is 8.58. The van der Waals surface area contributed by atoms with Crippen LogP contribution in [0.1, 0.15) is 44.4 Å². The summed E-state index contributed by atoms with van der Waals surface area (Å²) in [5.74, 6) is 0. The molecule has 1 aromatic rings. The van der Waals surface area contributed by atoms with Crippen LogP contribution in [0.3, 0.4) is 0 Å². The molecule has 0 aliphatic rings. The van der Waals surface area contributed by atoms with Gasteiger partial charge in [-0.3, -0.25) is 0 Å². The molecule has 1 heterocycles. The van der Waals surface area contributed by atoms with Gasteiger partial charge in [-0.1, -0.05) is 26.7 Å². The van der Waals surface area contributed by atoms with Crippen LogP contribution in [0.4, 0.5) is 0 Å². The minimum Gasteiger partial charge on any atom is -0.245 e. The quantitative estimate of drug-likeness (QED) is 0.648. The monoisotopic (exact) mass is 178 g/mol. The average molecular weight is 178 g/mol. The van der Waals surface area contributed by atoms with E-state index < -0.39 is 0 Å². The van der Waals surface area contributed by atoms with Crippen molar-refractivity contribution in [2.24, 2.45) is 0 Å². The summed E-state index contributed by atoms with van der Waals surface area (Å²) in [5, 5.41) is 0. The van der Waals surface area contributed by atoms with Gasteiger partial charge in [-0.15, -0.1) is 0 Å². The normalized spacial score (nSPS) is 10.3. The largest absolute Gasteiger partial charge is 0.245 e. The van der Waals surface area contributed by atoms with Crippen LogP contribution in [0.25, 0.3) is 0 Å². The van der Waals surface area contributed by atoms with Crippen molar-refractivity contribution >= 4 is 0 Å².